The highest BCUT2D eigenvalue weighted by atomic mass is 32.1. The zero-order valence-electron chi connectivity index (χ0n) is 11.7. The Morgan fingerprint density at radius 3 is 2.50 bits per heavy atom. The van der Waals surface area contributed by atoms with Crippen molar-refractivity contribution in [3.05, 3.63) is 47.9 Å². The SMILES string of the molecule is Cc1ncc(N(CCC(N)=S)c2ccccc2)nc1C. The highest BCUT2D eigenvalue weighted by Gasteiger charge is 2.12. The maximum Gasteiger partial charge on any atom is 0.151 e. The lowest BCUT2D eigenvalue weighted by Gasteiger charge is -2.24. The Morgan fingerprint density at radius 1 is 1.20 bits per heavy atom. The molecule has 0 aliphatic rings. The van der Waals surface area contributed by atoms with Crippen molar-refractivity contribution in [1.29, 1.82) is 0 Å². The second kappa shape index (κ2) is 6.43. The fourth-order valence-electron chi connectivity index (χ4n) is 1.87. The molecule has 1 heterocycles. The van der Waals surface area contributed by atoms with Gasteiger partial charge in [-0.25, -0.2) is 4.98 Å². The molecule has 0 bridgehead atoms. The van der Waals surface area contributed by atoms with Gasteiger partial charge in [-0.3, -0.25) is 4.98 Å². The molecule has 0 spiro atoms. The van der Waals surface area contributed by atoms with Crippen molar-refractivity contribution in [2.75, 3.05) is 11.4 Å². The van der Waals surface area contributed by atoms with E-state index in [9.17, 15) is 0 Å². The molecule has 0 aliphatic heterocycles. The van der Waals surface area contributed by atoms with Crippen LogP contribution in [0.4, 0.5) is 11.5 Å². The van der Waals surface area contributed by atoms with Crippen molar-refractivity contribution in [3.8, 4) is 0 Å². The molecule has 0 saturated heterocycles. The number of hydrogen-bond donors (Lipinski definition) is 1. The van der Waals surface area contributed by atoms with Crippen LogP contribution < -0.4 is 10.6 Å². The molecule has 1 aromatic heterocycles. The van der Waals surface area contributed by atoms with Gasteiger partial charge in [0.05, 0.1) is 22.6 Å². The molecule has 0 unspecified atom stereocenters. The predicted octanol–water partition coefficient (Wildman–Crippen LogP) is 2.91. The van der Waals surface area contributed by atoms with Gasteiger partial charge < -0.3 is 10.6 Å². The zero-order chi connectivity index (χ0) is 14.5. The predicted molar refractivity (Wildman–Crippen MR) is 86.4 cm³/mol. The fourth-order valence-corrected chi connectivity index (χ4v) is 1.96. The van der Waals surface area contributed by atoms with Crippen LogP contribution in [0.15, 0.2) is 36.5 Å². The van der Waals surface area contributed by atoms with Crippen molar-refractivity contribution in [1.82, 2.24) is 9.97 Å². The summed E-state index contributed by atoms with van der Waals surface area (Å²) in [7, 11) is 0. The van der Waals surface area contributed by atoms with Gasteiger partial charge in [0.25, 0.3) is 0 Å². The number of para-hydroxylation sites is 1. The molecule has 20 heavy (non-hydrogen) atoms. The second-order valence-electron chi connectivity index (χ2n) is 4.60. The van der Waals surface area contributed by atoms with E-state index >= 15 is 0 Å². The van der Waals surface area contributed by atoms with Crippen LogP contribution in [0.25, 0.3) is 0 Å². The molecule has 0 fully saturated rings. The minimum Gasteiger partial charge on any atom is -0.393 e. The average Bonchev–Trinajstić information content (AvgIpc) is 2.44. The summed E-state index contributed by atoms with van der Waals surface area (Å²) in [6, 6.07) is 10.1. The molecule has 0 radical (unpaired) electrons. The van der Waals surface area contributed by atoms with E-state index in [1.165, 1.54) is 0 Å². The van der Waals surface area contributed by atoms with E-state index in [1.807, 2.05) is 44.2 Å². The minimum atomic E-state index is 0.503. The van der Waals surface area contributed by atoms with Crippen LogP contribution in [0.2, 0.25) is 0 Å². The minimum absolute atomic E-state index is 0.503. The molecule has 5 heteroatoms. The van der Waals surface area contributed by atoms with Crippen LogP contribution in [0.3, 0.4) is 0 Å². The monoisotopic (exact) mass is 286 g/mol. The largest absolute Gasteiger partial charge is 0.393 e. The number of nitrogens with two attached hydrogens (primary N) is 1. The van der Waals surface area contributed by atoms with Gasteiger partial charge in [0, 0.05) is 18.7 Å². The number of anilines is 2. The van der Waals surface area contributed by atoms with Crippen LogP contribution in [0.5, 0.6) is 0 Å². The first kappa shape index (κ1) is 14.4. The number of rotatable bonds is 5. The lowest BCUT2D eigenvalue weighted by atomic mass is 10.2. The Balaban J connectivity index is 2.35. The van der Waals surface area contributed by atoms with E-state index in [1.54, 1.807) is 6.20 Å². The Morgan fingerprint density at radius 2 is 1.90 bits per heavy atom. The van der Waals surface area contributed by atoms with E-state index < -0.39 is 0 Å². The van der Waals surface area contributed by atoms with Crippen molar-refractivity contribution in [2.45, 2.75) is 20.3 Å². The molecule has 104 valence electrons. The first-order valence-corrected chi connectivity index (χ1v) is 6.90. The molecule has 0 atom stereocenters. The second-order valence-corrected chi connectivity index (χ2v) is 5.13. The molecular formula is C15H18N4S. The Bertz CT molecular complexity index is 598. The molecule has 4 nitrogen and oxygen atoms in total. The molecule has 0 aliphatic carbocycles. The number of thiocarbonyl (C=S) groups is 1. The van der Waals surface area contributed by atoms with Crippen LogP contribution in [-0.2, 0) is 0 Å². The molecule has 1 aromatic carbocycles. The topological polar surface area (TPSA) is 55.0 Å². The van der Waals surface area contributed by atoms with Gasteiger partial charge in [-0.1, -0.05) is 30.4 Å². The first-order valence-electron chi connectivity index (χ1n) is 6.49. The van der Waals surface area contributed by atoms with E-state index in [0.29, 0.717) is 18.0 Å². The summed E-state index contributed by atoms with van der Waals surface area (Å²) in [5, 5.41) is 0. The van der Waals surface area contributed by atoms with Crippen molar-refractivity contribution >= 4 is 28.7 Å². The Hall–Kier alpha value is -2.01. The molecule has 0 amide bonds. The number of aromatic nitrogens is 2. The quantitative estimate of drug-likeness (QED) is 0.857. The standard InChI is InChI=1S/C15H18N4S/c1-11-12(2)18-15(10-17-11)19(9-8-14(16)20)13-6-4-3-5-7-13/h3-7,10H,8-9H2,1-2H3,(H2,16,20). The lowest BCUT2D eigenvalue weighted by molar-refractivity contribution is 0.916. The van der Waals surface area contributed by atoms with Crippen LogP contribution in [0, 0.1) is 13.8 Å². The Labute approximate surface area is 124 Å². The van der Waals surface area contributed by atoms with Gasteiger partial charge >= 0.3 is 0 Å². The normalized spacial score (nSPS) is 10.3. The Kier molecular flexibility index (Phi) is 4.63. The molecule has 2 rings (SSSR count). The maximum absolute atomic E-state index is 5.62. The van der Waals surface area contributed by atoms with Crippen LogP contribution >= 0.6 is 12.2 Å². The number of aryl methyl sites for hydroxylation is 2. The zero-order valence-corrected chi connectivity index (χ0v) is 12.5. The lowest BCUT2D eigenvalue weighted by Crippen LogP contribution is -2.24. The highest BCUT2D eigenvalue weighted by molar-refractivity contribution is 7.80. The number of nitrogens with zero attached hydrogens (tertiary/aromatic N) is 3. The average molecular weight is 286 g/mol. The summed E-state index contributed by atoms with van der Waals surface area (Å²) in [5.74, 6) is 0.815. The van der Waals surface area contributed by atoms with Crippen LogP contribution in [0.1, 0.15) is 17.8 Å². The van der Waals surface area contributed by atoms with E-state index in [-0.39, 0.29) is 0 Å². The third kappa shape index (κ3) is 3.51. The fraction of sp³-hybridized carbons (Fsp3) is 0.267. The molecular weight excluding hydrogens is 268 g/mol. The van der Waals surface area contributed by atoms with E-state index in [4.69, 9.17) is 18.0 Å². The number of benzene rings is 1. The molecule has 0 saturated carbocycles. The summed E-state index contributed by atoms with van der Waals surface area (Å²) < 4.78 is 0. The van der Waals surface area contributed by atoms with E-state index in [0.717, 1.165) is 22.9 Å². The summed E-state index contributed by atoms with van der Waals surface area (Å²) in [6.45, 7) is 4.60. The highest BCUT2D eigenvalue weighted by Crippen LogP contribution is 2.23. The summed E-state index contributed by atoms with van der Waals surface area (Å²) >= 11 is 4.98. The van der Waals surface area contributed by atoms with Crippen molar-refractivity contribution < 1.29 is 0 Å². The maximum atomic E-state index is 5.62. The smallest absolute Gasteiger partial charge is 0.151 e. The molecule has 2 aromatic rings. The van der Waals surface area contributed by atoms with Crippen LogP contribution in [-0.4, -0.2) is 21.5 Å². The van der Waals surface area contributed by atoms with Gasteiger partial charge in [0.1, 0.15) is 0 Å². The summed E-state index contributed by atoms with van der Waals surface area (Å²) in [6.07, 6.45) is 2.42. The van der Waals surface area contributed by atoms with E-state index in [2.05, 4.69) is 14.9 Å². The van der Waals surface area contributed by atoms with Gasteiger partial charge in [-0.2, -0.15) is 0 Å². The van der Waals surface area contributed by atoms with Crippen molar-refractivity contribution in [3.63, 3.8) is 0 Å². The number of hydrogen-bond acceptors (Lipinski definition) is 4. The van der Waals surface area contributed by atoms with Gasteiger partial charge in [0.2, 0.25) is 0 Å². The first-order chi connectivity index (χ1) is 9.58. The summed E-state index contributed by atoms with van der Waals surface area (Å²) in [5.41, 5.74) is 8.55. The molecule has 2 N–H and O–H groups in total. The van der Waals surface area contributed by atoms with Crippen molar-refractivity contribution in [2.24, 2.45) is 5.73 Å². The van der Waals surface area contributed by atoms with Gasteiger partial charge in [-0.05, 0) is 26.0 Å². The third-order valence-corrected chi connectivity index (χ3v) is 3.31. The van der Waals surface area contributed by atoms with Gasteiger partial charge in [0.15, 0.2) is 5.82 Å². The third-order valence-electron chi connectivity index (χ3n) is 3.11. The summed E-state index contributed by atoms with van der Waals surface area (Å²) in [4.78, 5) is 11.6. The van der Waals surface area contributed by atoms with Gasteiger partial charge in [-0.15, -0.1) is 0 Å².